The molecule has 0 aliphatic heterocycles. The minimum absolute atomic E-state index is 0.229. The van der Waals surface area contributed by atoms with Crippen molar-refractivity contribution in [2.75, 3.05) is 15.9 Å². The second kappa shape index (κ2) is 8.94. The molecule has 0 saturated heterocycles. The van der Waals surface area contributed by atoms with Crippen molar-refractivity contribution in [2.24, 2.45) is 0 Å². The van der Waals surface area contributed by atoms with Crippen LogP contribution in [0.4, 0.5) is 11.4 Å². The Bertz CT molecular complexity index is 1180. The van der Waals surface area contributed by atoms with Crippen LogP contribution >= 0.6 is 0 Å². The summed E-state index contributed by atoms with van der Waals surface area (Å²) in [7, 11) is -3.49. The smallest absolute Gasteiger partial charge is 0.255 e. The number of amides is 1. The first-order valence-electron chi connectivity index (χ1n) is 10.1. The largest absolute Gasteiger partial charge is 0.322 e. The highest BCUT2D eigenvalue weighted by molar-refractivity contribution is 7.92. The minimum atomic E-state index is -3.49. The fourth-order valence-corrected chi connectivity index (χ4v) is 4.49. The maximum atomic E-state index is 12.8. The van der Waals surface area contributed by atoms with E-state index in [2.05, 4.69) is 5.32 Å². The normalized spacial score (nSPS) is 11.3. The maximum absolute atomic E-state index is 12.8. The van der Waals surface area contributed by atoms with Gasteiger partial charge in [-0.3, -0.25) is 9.10 Å². The second-order valence-electron chi connectivity index (χ2n) is 8.03. The lowest BCUT2D eigenvalue weighted by Crippen LogP contribution is -2.29. The predicted molar refractivity (Wildman–Crippen MR) is 127 cm³/mol. The van der Waals surface area contributed by atoms with Crippen LogP contribution in [0.1, 0.15) is 38.2 Å². The summed E-state index contributed by atoms with van der Waals surface area (Å²) < 4.78 is 26.2. The van der Waals surface area contributed by atoms with Gasteiger partial charge in [0.05, 0.1) is 18.5 Å². The van der Waals surface area contributed by atoms with Gasteiger partial charge in [-0.1, -0.05) is 47.5 Å². The first kappa shape index (κ1) is 22.6. The molecule has 3 rings (SSSR count). The molecule has 0 atom stereocenters. The average Bonchev–Trinajstić information content (AvgIpc) is 2.69. The van der Waals surface area contributed by atoms with Crippen molar-refractivity contribution in [3.63, 3.8) is 0 Å². The van der Waals surface area contributed by atoms with Crippen molar-refractivity contribution in [1.29, 1.82) is 0 Å². The lowest BCUT2D eigenvalue weighted by molar-refractivity contribution is 0.102. The van der Waals surface area contributed by atoms with E-state index < -0.39 is 10.0 Å². The van der Waals surface area contributed by atoms with Crippen LogP contribution in [0.5, 0.6) is 0 Å². The van der Waals surface area contributed by atoms with E-state index >= 15 is 0 Å². The van der Waals surface area contributed by atoms with Crippen LogP contribution in [0.15, 0.2) is 60.7 Å². The average molecular weight is 437 g/mol. The Labute approximate surface area is 184 Å². The number of nitrogens with zero attached hydrogens (tertiary/aromatic N) is 1. The monoisotopic (exact) mass is 436 g/mol. The summed E-state index contributed by atoms with van der Waals surface area (Å²) in [4.78, 5) is 12.8. The molecule has 0 bridgehead atoms. The Morgan fingerprint density at radius 1 is 0.839 bits per heavy atom. The van der Waals surface area contributed by atoms with E-state index in [0.29, 0.717) is 11.3 Å². The molecule has 31 heavy (non-hydrogen) atoms. The Morgan fingerprint density at radius 3 is 1.90 bits per heavy atom. The van der Waals surface area contributed by atoms with E-state index in [1.807, 2.05) is 64.1 Å². The summed E-state index contributed by atoms with van der Waals surface area (Å²) in [5.74, 6) is -0.231. The van der Waals surface area contributed by atoms with Crippen molar-refractivity contribution < 1.29 is 13.2 Å². The highest BCUT2D eigenvalue weighted by Gasteiger charge is 2.19. The highest BCUT2D eigenvalue weighted by atomic mass is 32.2. The number of nitrogens with one attached hydrogen (secondary N) is 1. The van der Waals surface area contributed by atoms with Crippen molar-refractivity contribution in [2.45, 2.75) is 34.2 Å². The second-order valence-corrected chi connectivity index (χ2v) is 9.94. The zero-order valence-electron chi connectivity index (χ0n) is 18.6. The molecule has 0 radical (unpaired) electrons. The Morgan fingerprint density at radius 2 is 1.39 bits per heavy atom. The van der Waals surface area contributed by atoms with E-state index in [1.54, 1.807) is 24.3 Å². The molecule has 0 aromatic heterocycles. The number of sulfonamides is 1. The van der Waals surface area contributed by atoms with Gasteiger partial charge in [0, 0.05) is 11.3 Å². The number of aryl methyl sites for hydroxylation is 4. The van der Waals surface area contributed by atoms with Crippen LogP contribution in [0.3, 0.4) is 0 Å². The molecule has 1 N–H and O–H groups in total. The molecule has 3 aromatic rings. The first-order valence-corrected chi connectivity index (χ1v) is 11.9. The number of rotatable bonds is 6. The molecular formula is C25H28N2O3S. The third-order valence-corrected chi connectivity index (χ3v) is 6.32. The van der Waals surface area contributed by atoms with Gasteiger partial charge in [0.25, 0.3) is 5.91 Å². The third kappa shape index (κ3) is 5.52. The lowest BCUT2D eigenvalue weighted by atomic mass is 10.0. The molecule has 0 heterocycles. The lowest BCUT2D eigenvalue weighted by Gasteiger charge is -2.23. The standard InChI is InChI=1S/C25H28N2O3S/c1-17-6-8-21(9-7-17)16-27(31(5,29)30)23-12-10-22(11-13-23)25(28)26-24-19(3)14-18(2)15-20(24)4/h6-15H,16H2,1-5H3,(H,26,28). The molecule has 0 saturated carbocycles. The number of benzene rings is 3. The van der Waals surface area contributed by atoms with Crippen molar-refractivity contribution in [3.05, 3.63) is 94.0 Å². The fraction of sp³-hybridized carbons (Fsp3) is 0.240. The van der Waals surface area contributed by atoms with Gasteiger partial charge >= 0.3 is 0 Å². The van der Waals surface area contributed by atoms with Gasteiger partial charge in [-0.15, -0.1) is 0 Å². The number of hydrogen-bond acceptors (Lipinski definition) is 3. The SMILES string of the molecule is Cc1ccc(CN(c2ccc(C(=O)Nc3c(C)cc(C)cc3C)cc2)S(C)(=O)=O)cc1. The quantitative estimate of drug-likeness (QED) is 0.582. The van der Waals surface area contributed by atoms with Crippen LogP contribution in [-0.4, -0.2) is 20.6 Å². The Hall–Kier alpha value is -3.12. The van der Waals surface area contributed by atoms with Gasteiger partial charge in [-0.25, -0.2) is 8.42 Å². The van der Waals surface area contributed by atoms with Crippen molar-refractivity contribution >= 4 is 27.3 Å². The molecule has 5 nitrogen and oxygen atoms in total. The molecule has 6 heteroatoms. The predicted octanol–water partition coefficient (Wildman–Crippen LogP) is 5.14. The van der Waals surface area contributed by atoms with Crippen LogP contribution in [-0.2, 0) is 16.6 Å². The van der Waals surface area contributed by atoms with Gasteiger partial charge in [0.15, 0.2) is 0 Å². The van der Waals surface area contributed by atoms with Crippen LogP contribution in [0.25, 0.3) is 0 Å². The van der Waals surface area contributed by atoms with E-state index in [9.17, 15) is 13.2 Å². The van der Waals surface area contributed by atoms with Crippen molar-refractivity contribution in [1.82, 2.24) is 0 Å². The van der Waals surface area contributed by atoms with Crippen molar-refractivity contribution in [3.8, 4) is 0 Å². The molecule has 0 fully saturated rings. The highest BCUT2D eigenvalue weighted by Crippen LogP contribution is 2.24. The topological polar surface area (TPSA) is 66.5 Å². The molecular weight excluding hydrogens is 408 g/mol. The number of hydrogen-bond donors (Lipinski definition) is 1. The summed E-state index contributed by atoms with van der Waals surface area (Å²) in [6.45, 7) is 8.17. The van der Waals surface area contributed by atoms with Gasteiger partial charge in [-0.2, -0.15) is 0 Å². The number of carbonyl (C=O) groups is 1. The summed E-state index contributed by atoms with van der Waals surface area (Å²) in [5, 5.41) is 2.98. The minimum Gasteiger partial charge on any atom is -0.322 e. The van der Waals surface area contributed by atoms with Crippen LogP contribution < -0.4 is 9.62 Å². The summed E-state index contributed by atoms with van der Waals surface area (Å²) in [6, 6.07) is 18.4. The van der Waals surface area contributed by atoms with Gasteiger partial charge < -0.3 is 5.32 Å². The number of carbonyl (C=O) groups excluding carboxylic acids is 1. The van der Waals surface area contributed by atoms with Gasteiger partial charge in [0.1, 0.15) is 0 Å². The molecule has 0 unspecified atom stereocenters. The third-order valence-electron chi connectivity index (χ3n) is 5.18. The Kier molecular flexibility index (Phi) is 6.51. The van der Waals surface area contributed by atoms with Crippen LogP contribution in [0, 0.1) is 27.7 Å². The molecule has 3 aromatic carbocycles. The molecule has 0 spiro atoms. The van der Waals surface area contributed by atoms with Crippen LogP contribution in [0.2, 0.25) is 0 Å². The zero-order valence-corrected chi connectivity index (χ0v) is 19.4. The van der Waals surface area contributed by atoms with E-state index in [-0.39, 0.29) is 12.5 Å². The number of anilines is 2. The van der Waals surface area contributed by atoms with Gasteiger partial charge in [-0.05, 0) is 68.7 Å². The first-order chi connectivity index (χ1) is 14.5. The molecule has 1 amide bonds. The zero-order chi connectivity index (χ0) is 22.8. The maximum Gasteiger partial charge on any atom is 0.255 e. The molecule has 162 valence electrons. The van der Waals surface area contributed by atoms with E-state index in [4.69, 9.17) is 0 Å². The van der Waals surface area contributed by atoms with E-state index in [0.717, 1.165) is 33.5 Å². The Balaban J connectivity index is 1.83. The fourth-order valence-electron chi connectivity index (χ4n) is 3.60. The van der Waals surface area contributed by atoms with E-state index in [1.165, 1.54) is 10.6 Å². The van der Waals surface area contributed by atoms with Gasteiger partial charge in [0.2, 0.25) is 10.0 Å². The molecule has 0 aliphatic carbocycles. The summed E-state index contributed by atoms with van der Waals surface area (Å²) >= 11 is 0. The summed E-state index contributed by atoms with van der Waals surface area (Å²) in [6.07, 6.45) is 1.19. The molecule has 0 aliphatic rings. The summed E-state index contributed by atoms with van der Waals surface area (Å²) in [5.41, 5.74) is 6.94.